The lowest BCUT2D eigenvalue weighted by molar-refractivity contribution is 0.133. The third-order valence-corrected chi connectivity index (χ3v) is 3.47. The van der Waals surface area contributed by atoms with E-state index in [2.05, 4.69) is 0 Å². The van der Waals surface area contributed by atoms with Crippen LogP contribution in [-0.4, -0.2) is 11.1 Å². The third kappa shape index (κ3) is 4.94. The monoisotopic (exact) mass is 311 g/mol. The fourth-order valence-corrected chi connectivity index (χ4v) is 2.03. The first-order valence-electron chi connectivity index (χ1n) is 5.60. The van der Waals surface area contributed by atoms with Crippen LogP contribution in [0, 0.1) is 5.41 Å². The molecule has 1 aromatic carbocycles. The van der Waals surface area contributed by atoms with Crippen LogP contribution in [-0.2, 0) is 0 Å². The smallest absolute Gasteiger partial charge is 0.0819 e. The second-order valence-electron chi connectivity index (χ2n) is 5.39. The van der Waals surface area contributed by atoms with E-state index in [1.54, 1.807) is 18.2 Å². The average Bonchev–Trinajstić information content (AvgIpc) is 2.15. The number of hydrogen-bond donors (Lipinski definition) is 2. The van der Waals surface area contributed by atoms with Gasteiger partial charge >= 0.3 is 0 Å². The van der Waals surface area contributed by atoms with Crippen LogP contribution in [0.4, 0.5) is 0 Å². The SMILES string of the molecule is CC(C)(C)[C@@H](N)C[C@@H](O)c1ccc(Cl)cc1Cl.Cl. The lowest BCUT2D eigenvalue weighted by atomic mass is 9.83. The maximum Gasteiger partial charge on any atom is 0.0819 e. The van der Waals surface area contributed by atoms with Gasteiger partial charge in [0.05, 0.1) is 6.10 Å². The van der Waals surface area contributed by atoms with Gasteiger partial charge in [0.15, 0.2) is 0 Å². The first-order valence-corrected chi connectivity index (χ1v) is 6.36. The van der Waals surface area contributed by atoms with Crippen molar-refractivity contribution in [1.82, 2.24) is 0 Å². The van der Waals surface area contributed by atoms with Crippen molar-refractivity contribution in [3.63, 3.8) is 0 Å². The molecule has 0 fully saturated rings. The topological polar surface area (TPSA) is 46.2 Å². The lowest BCUT2D eigenvalue weighted by Gasteiger charge is -2.29. The van der Waals surface area contributed by atoms with Gasteiger partial charge in [0.2, 0.25) is 0 Å². The fraction of sp³-hybridized carbons (Fsp3) is 0.538. The van der Waals surface area contributed by atoms with Gasteiger partial charge in [0, 0.05) is 16.1 Å². The van der Waals surface area contributed by atoms with Gasteiger partial charge in [-0.3, -0.25) is 0 Å². The highest BCUT2D eigenvalue weighted by Gasteiger charge is 2.24. The molecular formula is C13H20Cl3NO. The van der Waals surface area contributed by atoms with E-state index in [9.17, 15) is 5.11 Å². The van der Waals surface area contributed by atoms with Gasteiger partial charge in [0.1, 0.15) is 0 Å². The molecule has 0 radical (unpaired) electrons. The van der Waals surface area contributed by atoms with Crippen molar-refractivity contribution < 1.29 is 5.11 Å². The molecule has 0 saturated heterocycles. The molecule has 2 nitrogen and oxygen atoms in total. The summed E-state index contributed by atoms with van der Waals surface area (Å²) >= 11 is 11.8. The third-order valence-electron chi connectivity index (χ3n) is 2.91. The Balaban J connectivity index is 0.00000289. The molecule has 0 aliphatic carbocycles. The Labute approximate surface area is 125 Å². The summed E-state index contributed by atoms with van der Waals surface area (Å²) in [6, 6.07) is 4.99. The maximum atomic E-state index is 10.1. The fourth-order valence-electron chi connectivity index (χ4n) is 1.49. The average molecular weight is 313 g/mol. The Morgan fingerprint density at radius 2 is 1.83 bits per heavy atom. The molecule has 5 heteroatoms. The number of aliphatic hydroxyl groups is 1. The highest BCUT2D eigenvalue weighted by molar-refractivity contribution is 6.35. The minimum atomic E-state index is -0.658. The van der Waals surface area contributed by atoms with E-state index >= 15 is 0 Å². The van der Waals surface area contributed by atoms with Crippen molar-refractivity contribution in [3.8, 4) is 0 Å². The second-order valence-corrected chi connectivity index (χ2v) is 6.23. The predicted octanol–water partition coefficient (Wildman–Crippen LogP) is 4.21. The van der Waals surface area contributed by atoms with E-state index in [1.807, 2.05) is 20.8 Å². The molecule has 0 unspecified atom stereocenters. The molecule has 0 aromatic heterocycles. The first-order chi connectivity index (χ1) is 7.71. The van der Waals surface area contributed by atoms with Crippen LogP contribution in [0.1, 0.15) is 38.9 Å². The maximum absolute atomic E-state index is 10.1. The molecule has 1 rings (SSSR count). The first kappa shape index (κ1) is 18.0. The quantitative estimate of drug-likeness (QED) is 0.878. The van der Waals surface area contributed by atoms with Crippen molar-refractivity contribution in [2.45, 2.75) is 39.3 Å². The van der Waals surface area contributed by atoms with E-state index in [1.165, 1.54) is 0 Å². The van der Waals surface area contributed by atoms with Gasteiger partial charge < -0.3 is 10.8 Å². The van der Waals surface area contributed by atoms with Crippen LogP contribution in [0.2, 0.25) is 10.0 Å². The second kappa shape index (κ2) is 6.97. The number of rotatable bonds is 3. The Kier molecular flexibility index (Phi) is 6.97. The van der Waals surface area contributed by atoms with Crippen LogP contribution in [0.5, 0.6) is 0 Å². The summed E-state index contributed by atoms with van der Waals surface area (Å²) < 4.78 is 0. The van der Waals surface area contributed by atoms with Gasteiger partial charge in [0.25, 0.3) is 0 Å². The van der Waals surface area contributed by atoms with E-state index in [-0.39, 0.29) is 23.9 Å². The molecule has 0 aliphatic rings. The van der Waals surface area contributed by atoms with E-state index < -0.39 is 6.10 Å². The number of benzene rings is 1. The zero-order valence-electron chi connectivity index (χ0n) is 10.8. The highest BCUT2D eigenvalue weighted by atomic mass is 35.5. The normalized spacial score (nSPS) is 14.8. The summed E-state index contributed by atoms with van der Waals surface area (Å²) in [4.78, 5) is 0. The molecular weight excluding hydrogens is 293 g/mol. The van der Waals surface area contributed by atoms with Crippen LogP contribution >= 0.6 is 35.6 Å². The summed E-state index contributed by atoms with van der Waals surface area (Å²) in [5, 5.41) is 11.2. The van der Waals surface area contributed by atoms with Crippen LogP contribution in [0.15, 0.2) is 18.2 Å². The molecule has 0 aliphatic heterocycles. The van der Waals surface area contributed by atoms with Gasteiger partial charge in [-0.25, -0.2) is 0 Å². The molecule has 2 atom stereocenters. The molecule has 1 aromatic rings. The standard InChI is InChI=1S/C13H19Cl2NO.ClH/c1-13(2,3)12(16)7-11(17)9-5-4-8(14)6-10(9)15;/h4-6,11-12,17H,7,16H2,1-3H3;1H/t11-,12+;/m1./s1. The Morgan fingerprint density at radius 3 is 2.28 bits per heavy atom. The van der Waals surface area contributed by atoms with E-state index in [4.69, 9.17) is 28.9 Å². The summed E-state index contributed by atoms with van der Waals surface area (Å²) in [5.74, 6) is 0. The molecule has 0 saturated carbocycles. The Hall–Kier alpha value is 0.01000. The van der Waals surface area contributed by atoms with Gasteiger partial charge in [-0.05, 0) is 29.5 Å². The summed E-state index contributed by atoms with van der Waals surface area (Å²) in [6.07, 6.45) is -0.181. The Bertz CT molecular complexity index is 390. The minimum Gasteiger partial charge on any atom is -0.388 e. The summed E-state index contributed by atoms with van der Waals surface area (Å²) in [5.41, 5.74) is 6.67. The van der Waals surface area contributed by atoms with Crippen molar-refractivity contribution in [3.05, 3.63) is 33.8 Å². The Morgan fingerprint density at radius 1 is 1.28 bits per heavy atom. The number of aliphatic hydroxyl groups excluding tert-OH is 1. The van der Waals surface area contributed by atoms with Crippen molar-refractivity contribution in [1.29, 1.82) is 0 Å². The van der Waals surface area contributed by atoms with Crippen LogP contribution < -0.4 is 5.73 Å². The summed E-state index contributed by atoms with van der Waals surface area (Å²) in [6.45, 7) is 6.15. The van der Waals surface area contributed by atoms with Crippen LogP contribution in [0.25, 0.3) is 0 Å². The molecule has 0 spiro atoms. The molecule has 18 heavy (non-hydrogen) atoms. The molecule has 0 bridgehead atoms. The van der Waals surface area contributed by atoms with Crippen molar-refractivity contribution >= 4 is 35.6 Å². The highest BCUT2D eigenvalue weighted by Crippen LogP contribution is 2.31. The van der Waals surface area contributed by atoms with Crippen molar-refractivity contribution in [2.75, 3.05) is 0 Å². The molecule has 0 amide bonds. The molecule has 0 heterocycles. The van der Waals surface area contributed by atoms with Crippen LogP contribution in [0.3, 0.4) is 0 Å². The largest absolute Gasteiger partial charge is 0.388 e. The zero-order valence-corrected chi connectivity index (χ0v) is 13.1. The zero-order chi connectivity index (χ0) is 13.2. The number of hydrogen-bond acceptors (Lipinski definition) is 2. The molecule has 3 N–H and O–H groups in total. The molecule has 104 valence electrons. The number of halogens is 3. The predicted molar refractivity (Wildman–Crippen MR) is 80.7 cm³/mol. The summed E-state index contributed by atoms with van der Waals surface area (Å²) in [7, 11) is 0. The van der Waals surface area contributed by atoms with E-state index in [0.717, 1.165) is 0 Å². The van der Waals surface area contributed by atoms with Gasteiger partial charge in [-0.1, -0.05) is 50.0 Å². The van der Waals surface area contributed by atoms with Gasteiger partial charge in [-0.15, -0.1) is 12.4 Å². The lowest BCUT2D eigenvalue weighted by Crippen LogP contribution is -2.36. The van der Waals surface area contributed by atoms with Crippen molar-refractivity contribution in [2.24, 2.45) is 11.1 Å². The minimum absolute atomic E-state index is 0. The van der Waals surface area contributed by atoms with Gasteiger partial charge in [-0.2, -0.15) is 0 Å². The number of nitrogens with two attached hydrogens (primary N) is 1. The van der Waals surface area contributed by atoms with E-state index in [0.29, 0.717) is 22.0 Å².